The molecule has 0 aliphatic rings. The molecule has 0 aliphatic heterocycles. The number of thiophene rings is 1. The Kier molecular flexibility index (Phi) is 5.36. The lowest BCUT2D eigenvalue weighted by Crippen LogP contribution is -2.25. The molecule has 1 aromatic rings. The van der Waals surface area contributed by atoms with Crippen LogP contribution in [0.3, 0.4) is 0 Å². The van der Waals surface area contributed by atoms with Crippen LogP contribution in [0.2, 0.25) is 0 Å². The van der Waals surface area contributed by atoms with Crippen molar-refractivity contribution in [3.8, 4) is 0 Å². The smallest absolute Gasteiger partial charge is 0.261 e. The predicted octanol–water partition coefficient (Wildman–Crippen LogP) is 2.21. The maximum absolute atomic E-state index is 11.6. The molecule has 1 N–H and O–H groups in total. The molecule has 1 aromatic heterocycles. The first-order valence-corrected chi connectivity index (χ1v) is 6.03. The van der Waals surface area contributed by atoms with Crippen LogP contribution < -0.4 is 5.32 Å². The molecule has 4 heteroatoms. The molecule has 0 saturated carbocycles. The number of aryl methyl sites for hydroxylation is 1. The lowest BCUT2D eigenvalue weighted by atomic mass is 10.3. The molecule has 84 valence electrons. The fourth-order valence-electron chi connectivity index (χ4n) is 1.21. The summed E-state index contributed by atoms with van der Waals surface area (Å²) < 4.78 is 5.18. The zero-order valence-corrected chi connectivity index (χ0v) is 10.0. The second-order valence-electron chi connectivity index (χ2n) is 3.24. The highest BCUT2D eigenvalue weighted by molar-refractivity contribution is 7.12. The van der Waals surface area contributed by atoms with E-state index in [0.717, 1.165) is 23.5 Å². The van der Waals surface area contributed by atoms with E-state index in [1.807, 2.05) is 25.3 Å². The van der Waals surface area contributed by atoms with Gasteiger partial charge in [0, 0.05) is 19.8 Å². The average Bonchev–Trinajstić information content (AvgIpc) is 2.64. The van der Waals surface area contributed by atoms with Crippen LogP contribution >= 0.6 is 11.3 Å². The molecule has 0 radical (unpaired) electrons. The van der Waals surface area contributed by atoms with Gasteiger partial charge in [-0.05, 0) is 37.3 Å². The Labute approximate surface area is 94.5 Å². The van der Waals surface area contributed by atoms with E-state index in [9.17, 15) is 4.79 Å². The molecule has 0 fully saturated rings. The van der Waals surface area contributed by atoms with Gasteiger partial charge in [-0.25, -0.2) is 0 Å². The number of hydrogen-bond donors (Lipinski definition) is 1. The topological polar surface area (TPSA) is 38.3 Å². The summed E-state index contributed by atoms with van der Waals surface area (Å²) >= 11 is 1.48. The lowest BCUT2D eigenvalue weighted by Gasteiger charge is -2.04. The molecule has 0 saturated heterocycles. The van der Waals surface area contributed by atoms with E-state index in [-0.39, 0.29) is 5.91 Å². The average molecular weight is 227 g/mol. The maximum atomic E-state index is 11.6. The van der Waals surface area contributed by atoms with E-state index in [1.54, 1.807) is 0 Å². The molecular formula is C11H17NO2S. The van der Waals surface area contributed by atoms with Gasteiger partial charge in [0.1, 0.15) is 0 Å². The first kappa shape index (κ1) is 12.2. The van der Waals surface area contributed by atoms with Crippen LogP contribution in [0, 0.1) is 6.92 Å². The minimum Gasteiger partial charge on any atom is -0.382 e. The summed E-state index contributed by atoms with van der Waals surface area (Å²) in [4.78, 5) is 12.4. The Morgan fingerprint density at radius 3 is 3.00 bits per heavy atom. The molecule has 15 heavy (non-hydrogen) atoms. The fourth-order valence-corrected chi connectivity index (χ4v) is 2.05. The van der Waals surface area contributed by atoms with Crippen LogP contribution in [-0.2, 0) is 4.74 Å². The lowest BCUT2D eigenvalue weighted by molar-refractivity contribution is 0.0948. The molecule has 0 atom stereocenters. The van der Waals surface area contributed by atoms with Gasteiger partial charge < -0.3 is 10.1 Å². The number of amides is 1. The van der Waals surface area contributed by atoms with Crippen molar-refractivity contribution < 1.29 is 9.53 Å². The van der Waals surface area contributed by atoms with Gasteiger partial charge in [-0.1, -0.05) is 0 Å². The van der Waals surface area contributed by atoms with Gasteiger partial charge in [-0.3, -0.25) is 4.79 Å². The molecule has 0 aromatic carbocycles. The summed E-state index contributed by atoms with van der Waals surface area (Å²) in [5, 5.41) is 4.81. The maximum Gasteiger partial charge on any atom is 0.261 e. The first-order chi connectivity index (χ1) is 7.25. The Hall–Kier alpha value is -0.870. The zero-order chi connectivity index (χ0) is 11.1. The van der Waals surface area contributed by atoms with Crippen molar-refractivity contribution in [2.45, 2.75) is 20.3 Å². The molecule has 3 nitrogen and oxygen atoms in total. The highest BCUT2D eigenvalue weighted by Gasteiger charge is 2.08. The third kappa shape index (κ3) is 4.01. The van der Waals surface area contributed by atoms with Crippen LogP contribution in [0.25, 0.3) is 0 Å². The standard InChI is InChI=1S/C11H17NO2S/c1-3-14-7-4-6-12-11(13)10-9(2)5-8-15-10/h5,8H,3-4,6-7H2,1-2H3,(H,12,13). The number of carbonyl (C=O) groups is 1. The predicted molar refractivity (Wildman–Crippen MR) is 62.5 cm³/mol. The van der Waals surface area contributed by atoms with Gasteiger partial charge in [-0.2, -0.15) is 0 Å². The number of carbonyl (C=O) groups excluding carboxylic acids is 1. The van der Waals surface area contributed by atoms with Crippen LogP contribution in [0.4, 0.5) is 0 Å². The SMILES string of the molecule is CCOCCCNC(=O)c1sccc1C. The van der Waals surface area contributed by atoms with Crippen molar-refractivity contribution in [1.29, 1.82) is 0 Å². The third-order valence-corrected chi connectivity index (χ3v) is 3.04. The Morgan fingerprint density at radius 2 is 2.40 bits per heavy atom. The Bertz CT molecular complexity index is 309. The molecule has 0 bridgehead atoms. The van der Waals surface area contributed by atoms with E-state index in [0.29, 0.717) is 13.2 Å². The third-order valence-electron chi connectivity index (χ3n) is 2.02. The molecule has 1 amide bonds. The van der Waals surface area contributed by atoms with E-state index in [4.69, 9.17) is 4.74 Å². The largest absolute Gasteiger partial charge is 0.382 e. The van der Waals surface area contributed by atoms with Crippen molar-refractivity contribution in [3.05, 3.63) is 21.9 Å². The molecule has 0 spiro atoms. The minimum absolute atomic E-state index is 0.0269. The monoisotopic (exact) mass is 227 g/mol. The van der Waals surface area contributed by atoms with Crippen LogP contribution in [-0.4, -0.2) is 25.7 Å². The molecule has 0 aliphatic carbocycles. The van der Waals surface area contributed by atoms with Gasteiger partial charge in [0.05, 0.1) is 4.88 Å². The van der Waals surface area contributed by atoms with Crippen molar-refractivity contribution in [1.82, 2.24) is 5.32 Å². The number of nitrogens with one attached hydrogen (secondary N) is 1. The summed E-state index contributed by atoms with van der Waals surface area (Å²) in [5.74, 6) is 0.0269. The number of ether oxygens (including phenoxy) is 1. The summed E-state index contributed by atoms with van der Waals surface area (Å²) in [6.45, 7) is 6.04. The Balaban J connectivity index is 2.22. The highest BCUT2D eigenvalue weighted by Crippen LogP contribution is 2.14. The van der Waals surface area contributed by atoms with E-state index < -0.39 is 0 Å². The molecule has 1 heterocycles. The van der Waals surface area contributed by atoms with E-state index in [1.165, 1.54) is 11.3 Å². The van der Waals surface area contributed by atoms with Gasteiger partial charge >= 0.3 is 0 Å². The van der Waals surface area contributed by atoms with Crippen molar-refractivity contribution in [3.63, 3.8) is 0 Å². The van der Waals surface area contributed by atoms with Crippen LogP contribution in [0.5, 0.6) is 0 Å². The minimum atomic E-state index is 0.0269. The van der Waals surface area contributed by atoms with Gasteiger partial charge in [-0.15, -0.1) is 11.3 Å². The summed E-state index contributed by atoms with van der Waals surface area (Å²) in [7, 11) is 0. The molecular weight excluding hydrogens is 210 g/mol. The summed E-state index contributed by atoms with van der Waals surface area (Å²) in [5.41, 5.74) is 1.04. The van der Waals surface area contributed by atoms with Gasteiger partial charge in [0.15, 0.2) is 0 Å². The van der Waals surface area contributed by atoms with E-state index >= 15 is 0 Å². The normalized spacial score (nSPS) is 10.3. The number of hydrogen-bond acceptors (Lipinski definition) is 3. The van der Waals surface area contributed by atoms with Crippen LogP contribution in [0.15, 0.2) is 11.4 Å². The van der Waals surface area contributed by atoms with Crippen LogP contribution in [0.1, 0.15) is 28.6 Å². The van der Waals surface area contributed by atoms with E-state index in [2.05, 4.69) is 5.32 Å². The zero-order valence-electron chi connectivity index (χ0n) is 9.21. The first-order valence-electron chi connectivity index (χ1n) is 5.15. The van der Waals surface area contributed by atoms with Crippen molar-refractivity contribution in [2.75, 3.05) is 19.8 Å². The summed E-state index contributed by atoms with van der Waals surface area (Å²) in [6.07, 6.45) is 0.865. The van der Waals surface area contributed by atoms with Gasteiger partial charge in [0.2, 0.25) is 0 Å². The second kappa shape index (κ2) is 6.58. The quantitative estimate of drug-likeness (QED) is 0.757. The highest BCUT2D eigenvalue weighted by atomic mass is 32.1. The van der Waals surface area contributed by atoms with Gasteiger partial charge in [0.25, 0.3) is 5.91 Å². The van der Waals surface area contributed by atoms with Crippen molar-refractivity contribution >= 4 is 17.2 Å². The number of rotatable bonds is 6. The molecule has 1 rings (SSSR count). The summed E-state index contributed by atoms with van der Waals surface area (Å²) in [6, 6.07) is 1.96. The second-order valence-corrected chi connectivity index (χ2v) is 4.16. The molecule has 0 unspecified atom stereocenters. The fraction of sp³-hybridized carbons (Fsp3) is 0.545. The van der Waals surface area contributed by atoms with Crippen molar-refractivity contribution in [2.24, 2.45) is 0 Å². The Morgan fingerprint density at radius 1 is 1.60 bits per heavy atom.